The van der Waals surface area contributed by atoms with E-state index in [2.05, 4.69) is 10.3 Å². The molecule has 0 radical (unpaired) electrons. The van der Waals surface area contributed by atoms with Crippen molar-refractivity contribution in [1.29, 1.82) is 0 Å². The number of nitrogens with one attached hydrogen (secondary N) is 1. The zero-order valence-electron chi connectivity index (χ0n) is 11.6. The molecule has 19 heavy (non-hydrogen) atoms. The van der Waals surface area contributed by atoms with Crippen molar-refractivity contribution in [2.75, 3.05) is 12.3 Å². The van der Waals surface area contributed by atoms with Gasteiger partial charge in [-0.3, -0.25) is 9.36 Å². The maximum Gasteiger partial charge on any atom is 0.242 e. The monoisotopic (exact) mass is 260 g/mol. The first-order chi connectivity index (χ1) is 9.06. The number of rotatable bonds is 4. The summed E-state index contributed by atoms with van der Waals surface area (Å²) in [5.41, 5.74) is 8.78. The highest BCUT2D eigenvalue weighted by molar-refractivity contribution is 5.86. The van der Waals surface area contributed by atoms with Crippen LogP contribution in [0.4, 0.5) is 5.95 Å². The highest BCUT2D eigenvalue weighted by Crippen LogP contribution is 2.24. The molecule has 3 N–H and O–H groups in total. The third-order valence-electron chi connectivity index (χ3n) is 3.27. The highest BCUT2D eigenvalue weighted by atomic mass is 16.2. The van der Waals surface area contributed by atoms with E-state index in [1.165, 1.54) is 0 Å². The van der Waals surface area contributed by atoms with Crippen LogP contribution in [0.2, 0.25) is 0 Å². The summed E-state index contributed by atoms with van der Waals surface area (Å²) in [4.78, 5) is 16.4. The van der Waals surface area contributed by atoms with Gasteiger partial charge >= 0.3 is 0 Å². The van der Waals surface area contributed by atoms with Crippen molar-refractivity contribution in [2.45, 2.75) is 33.2 Å². The molecule has 0 fully saturated rings. The number of carbonyl (C=O) groups is 1. The lowest BCUT2D eigenvalue weighted by Crippen LogP contribution is -2.31. The van der Waals surface area contributed by atoms with Crippen molar-refractivity contribution in [1.82, 2.24) is 14.9 Å². The molecule has 0 saturated carbocycles. The Balaban J connectivity index is 2.42. The summed E-state index contributed by atoms with van der Waals surface area (Å²) in [6.45, 7) is 6.52. The third-order valence-corrected chi connectivity index (χ3v) is 3.27. The molecule has 0 saturated heterocycles. The number of carbonyl (C=O) groups excluding carboxylic acids is 1. The second-order valence-corrected chi connectivity index (χ2v) is 4.75. The molecule has 2 aromatic rings. The van der Waals surface area contributed by atoms with Gasteiger partial charge in [-0.2, -0.15) is 0 Å². The largest absolute Gasteiger partial charge is 0.369 e. The number of amides is 1. The Morgan fingerprint density at radius 3 is 2.95 bits per heavy atom. The van der Waals surface area contributed by atoms with Gasteiger partial charge in [0.2, 0.25) is 11.9 Å². The Bertz CT molecular complexity index is 603. The molecule has 1 amide bonds. The quantitative estimate of drug-likeness (QED) is 0.883. The number of para-hydroxylation sites is 1. The van der Waals surface area contributed by atoms with Crippen LogP contribution < -0.4 is 11.1 Å². The van der Waals surface area contributed by atoms with Crippen LogP contribution in [0.3, 0.4) is 0 Å². The van der Waals surface area contributed by atoms with Crippen molar-refractivity contribution in [2.24, 2.45) is 0 Å². The lowest BCUT2D eigenvalue weighted by molar-refractivity contribution is -0.123. The van der Waals surface area contributed by atoms with Crippen LogP contribution in [0.5, 0.6) is 0 Å². The second-order valence-electron chi connectivity index (χ2n) is 4.75. The summed E-state index contributed by atoms with van der Waals surface area (Å²) >= 11 is 0. The molecule has 0 aliphatic carbocycles. The van der Waals surface area contributed by atoms with Gasteiger partial charge in [0.25, 0.3) is 0 Å². The van der Waals surface area contributed by atoms with Gasteiger partial charge in [-0.1, -0.05) is 19.1 Å². The van der Waals surface area contributed by atoms with E-state index in [0.717, 1.165) is 23.0 Å². The molecule has 1 atom stereocenters. The van der Waals surface area contributed by atoms with E-state index in [4.69, 9.17) is 5.73 Å². The molecule has 1 aromatic carbocycles. The zero-order valence-corrected chi connectivity index (χ0v) is 11.6. The summed E-state index contributed by atoms with van der Waals surface area (Å²) < 4.78 is 1.79. The fourth-order valence-corrected chi connectivity index (χ4v) is 2.20. The molecule has 1 unspecified atom stereocenters. The molecule has 1 aromatic heterocycles. The number of hydrogen-bond donors (Lipinski definition) is 2. The number of hydrogen-bond acceptors (Lipinski definition) is 3. The minimum absolute atomic E-state index is 0.0330. The van der Waals surface area contributed by atoms with Gasteiger partial charge in [-0.15, -0.1) is 0 Å². The van der Waals surface area contributed by atoms with Gasteiger partial charge in [0.15, 0.2) is 0 Å². The summed E-state index contributed by atoms with van der Waals surface area (Å²) in [6.07, 6.45) is 0.914. The van der Waals surface area contributed by atoms with Crippen molar-refractivity contribution >= 4 is 22.9 Å². The Labute approximate surface area is 112 Å². The van der Waals surface area contributed by atoms with Crippen LogP contribution in [0, 0.1) is 6.92 Å². The van der Waals surface area contributed by atoms with Gasteiger partial charge in [-0.05, 0) is 31.9 Å². The molecule has 0 aliphatic rings. The molecular weight excluding hydrogens is 240 g/mol. The lowest BCUT2D eigenvalue weighted by Gasteiger charge is -2.15. The van der Waals surface area contributed by atoms with Gasteiger partial charge in [0.1, 0.15) is 6.04 Å². The summed E-state index contributed by atoms with van der Waals surface area (Å²) in [5.74, 6) is 0.345. The van der Waals surface area contributed by atoms with E-state index in [9.17, 15) is 4.79 Å². The van der Waals surface area contributed by atoms with Crippen molar-refractivity contribution < 1.29 is 4.79 Å². The van der Waals surface area contributed by atoms with Crippen LogP contribution in [0.1, 0.15) is 31.9 Å². The molecule has 1 heterocycles. The number of aryl methyl sites for hydroxylation is 1. The normalized spacial score (nSPS) is 12.6. The number of benzene rings is 1. The number of nitrogens with two attached hydrogens (primary N) is 1. The second kappa shape index (κ2) is 5.30. The van der Waals surface area contributed by atoms with Crippen molar-refractivity contribution in [3.63, 3.8) is 0 Å². The average Bonchev–Trinajstić information content (AvgIpc) is 2.73. The van der Waals surface area contributed by atoms with E-state index >= 15 is 0 Å². The topological polar surface area (TPSA) is 72.9 Å². The van der Waals surface area contributed by atoms with Gasteiger partial charge in [0.05, 0.1) is 11.0 Å². The van der Waals surface area contributed by atoms with E-state index in [1.54, 1.807) is 4.57 Å². The molecule has 2 rings (SSSR count). The predicted octanol–water partition coefficient (Wildman–Crippen LogP) is 2.01. The number of nitrogens with zero attached hydrogens (tertiary/aromatic N) is 2. The van der Waals surface area contributed by atoms with E-state index in [0.29, 0.717) is 12.5 Å². The van der Waals surface area contributed by atoms with Crippen LogP contribution in [0.15, 0.2) is 18.2 Å². The zero-order chi connectivity index (χ0) is 14.0. The highest BCUT2D eigenvalue weighted by Gasteiger charge is 2.20. The first kappa shape index (κ1) is 13.4. The minimum Gasteiger partial charge on any atom is -0.369 e. The smallest absolute Gasteiger partial charge is 0.242 e. The number of anilines is 1. The Morgan fingerprint density at radius 2 is 2.26 bits per heavy atom. The average molecular weight is 260 g/mol. The number of aromatic nitrogens is 2. The minimum atomic E-state index is -0.363. The van der Waals surface area contributed by atoms with E-state index < -0.39 is 0 Å². The van der Waals surface area contributed by atoms with Crippen LogP contribution in [-0.4, -0.2) is 22.0 Å². The van der Waals surface area contributed by atoms with E-state index in [1.807, 2.05) is 39.0 Å². The van der Waals surface area contributed by atoms with Crippen molar-refractivity contribution in [3.05, 3.63) is 23.8 Å². The molecular formula is C14H20N4O. The molecule has 0 bridgehead atoms. The summed E-state index contributed by atoms with van der Waals surface area (Å²) in [6, 6.07) is 5.51. The van der Waals surface area contributed by atoms with Crippen LogP contribution in [-0.2, 0) is 4.79 Å². The third kappa shape index (κ3) is 2.41. The van der Waals surface area contributed by atoms with E-state index in [-0.39, 0.29) is 11.9 Å². The molecule has 0 aliphatic heterocycles. The van der Waals surface area contributed by atoms with Gasteiger partial charge in [-0.25, -0.2) is 4.98 Å². The molecule has 5 heteroatoms. The fourth-order valence-electron chi connectivity index (χ4n) is 2.20. The Morgan fingerprint density at radius 1 is 1.53 bits per heavy atom. The Kier molecular flexibility index (Phi) is 3.74. The van der Waals surface area contributed by atoms with Crippen LogP contribution >= 0.6 is 0 Å². The fraction of sp³-hybridized carbons (Fsp3) is 0.429. The lowest BCUT2D eigenvalue weighted by atomic mass is 10.2. The van der Waals surface area contributed by atoms with Gasteiger partial charge < -0.3 is 11.1 Å². The first-order valence-electron chi connectivity index (χ1n) is 6.57. The SMILES string of the molecule is CCCNC(=O)C(C)n1c(N)nc2c(C)cccc21. The standard InChI is InChI=1S/C14H20N4O/c1-4-8-16-13(19)10(3)18-11-7-5-6-9(2)12(11)17-14(18)15/h5-7,10H,4,8H2,1-3H3,(H2,15,17)(H,16,19). The molecule has 0 spiro atoms. The van der Waals surface area contributed by atoms with Crippen molar-refractivity contribution in [3.8, 4) is 0 Å². The number of fused-ring (bicyclic) bond motifs is 1. The predicted molar refractivity (Wildman–Crippen MR) is 76.9 cm³/mol. The van der Waals surface area contributed by atoms with Crippen LogP contribution in [0.25, 0.3) is 11.0 Å². The number of nitrogen functional groups attached to an aromatic ring is 1. The summed E-state index contributed by atoms with van der Waals surface area (Å²) in [7, 11) is 0. The maximum absolute atomic E-state index is 12.1. The van der Waals surface area contributed by atoms with Gasteiger partial charge in [0, 0.05) is 6.54 Å². The Hall–Kier alpha value is -2.04. The first-order valence-corrected chi connectivity index (χ1v) is 6.57. The molecule has 102 valence electrons. The molecule has 5 nitrogen and oxygen atoms in total. The summed E-state index contributed by atoms with van der Waals surface area (Å²) in [5, 5.41) is 2.88. The maximum atomic E-state index is 12.1. The number of imidazole rings is 1.